The standard InChI is InChI=1S/C21H25N5O2/c27-19-17-15-4-5-16(14-15)18(17)20(28)26(19)9-2-1-8-24-10-12-25(13-11-24)21-22-6-3-7-23-21/h3,6-7,15-18H,4-5,8-14H2/t15-,16+,17-,18+/i4D,5D,8D2/t4?,5?,15-,16+,17-,18+. The number of anilines is 1. The van der Waals surface area contributed by atoms with Crippen LogP contribution in [0, 0.1) is 35.5 Å². The third kappa shape index (κ3) is 2.96. The predicted octanol–water partition coefficient (Wildman–Crippen LogP) is 0.633. The summed E-state index contributed by atoms with van der Waals surface area (Å²) in [5, 5.41) is 0. The number of hydrogen-bond acceptors (Lipinski definition) is 6. The number of likely N-dealkylation sites (tertiary alicyclic amines) is 1. The molecular formula is C21H25N5O2. The van der Waals surface area contributed by atoms with E-state index in [1.807, 2.05) is 4.90 Å². The van der Waals surface area contributed by atoms with Gasteiger partial charge < -0.3 is 4.90 Å². The van der Waals surface area contributed by atoms with Crippen molar-refractivity contribution in [2.75, 3.05) is 44.1 Å². The number of aromatic nitrogens is 2. The van der Waals surface area contributed by atoms with Crippen molar-refractivity contribution in [3.05, 3.63) is 18.5 Å². The molecule has 2 amide bonds. The summed E-state index contributed by atoms with van der Waals surface area (Å²) in [7, 11) is 0. The highest BCUT2D eigenvalue weighted by Crippen LogP contribution is 2.55. The summed E-state index contributed by atoms with van der Waals surface area (Å²) in [6.45, 7) is 0.0112. The Bertz CT molecular complexity index is 943. The van der Waals surface area contributed by atoms with Crippen molar-refractivity contribution in [3.8, 4) is 11.8 Å². The van der Waals surface area contributed by atoms with Crippen LogP contribution in [0.15, 0.2) is 18.5 Å². The van der Waals surface area contributed by atoms with Crippen molar-refractivity contribution in [1.29, 1.82) is 0 Å². The molecule has 6 atom stereocenters. The van der Waals surface area contributed by atoms with Crippen LogP contribution >= 0.6 is 0 Å². The quantitative estimate of drug-likeness (QED) is 0.563. The van der Waals surface area contributed by atoms with Gasteiger partial charge in [-0.25, -0.2) is 9.97 Å². The van der Waals surface area contributed by atoms with Crippen LogP contribution in [0.1, 0.15) is 24.7 Å². The SMILES string of the molecule is [2H]C1C([2H])[C@@H]2C[C@H]1[C@@H]1C(=O)N(CC#CC([2H])([2H])N3CCN(c4ncccn4)CC3)C(=O)[C@@H]12. The first-order chi connectivity index (χ1) is 15.3. The molecule has 1 aromatic rings. The maximum Gasteiger partial charge on any atom is 0.234 e. The molecule has 4 fully saturated rings. The van der Waals surface area contributed by atoms with Crippen LogP contribution in [-0.4, -0.2) is 70.8 Å². The highest BCUT2D eigenvalue weighted by molar-refractivity contribution is 6.06. The summed E-state index contributed by atoms with van der Waals surface area (Å²) in [5.74, 6) is 3.90. The van der Waals surface area contributed by atoms with Gasteiger partial charge in [-0.15, -0.1) is 0 Å². The molecule has 0 N–H and O–H groups in total. The minimum Gasteiger partial charge on any atom is -0.338 e. The second kappa shape index (κ2) is 7.17. The van der Waals surface area contributed by atoms with Gasteiger partial charge in [0, 0.05) is 41.3 Å². The molecule has 7 nitrogen and oxygen atoms in total. The van der Waals surface area contributed by atoms with Crippen molar-refractivity contribution in [1.82, 2.24) is 19.8 Å². The molecule has 7 heteroatoms. The van der Waals surface area contributed by atoms with Crippen LogP contribution in [0.5, 0.6) is 0 Å². The number of carbonyl (C=O) groups is 2. The Morgan fingerprint density at radius 3 is 2.32 bits per heavy atom. The van der Waals surface area contributed by atoms with Crippen LogP contribution in [0.3, 0.4) is 0 Å². The second-order valence-electron chi connectivity index (χ2n) is 7.70. The second-order valence-corrected chi connectivity index (χ2v) is 7.70. The lowest BCUT2D eigenvalue weighted by molar-refractivity contribution is -0.139. The number of rotatable bonds is 3. The highest BCUT2D eigenvalue weighted by Gasteiger charge is 2.60. The maximum absolute atomic E-state index is 12.8. The van der Waals surface area contributed by atoms with Crippen LogP contribution in [-0.2, 0) is 9.59 Å². The Morgan fingerprint density at radius 1 is 1.04 bits per heavy atom. The van der Waals surface area contributed by atoms with Crippen molar-refractivity contribution in [2.45, 2.75) is 19.2 Å². The maximum atomic E-state index is 12.8. The fraction of sp³-hybridized carbons (Fsp3) is 0.619. The van der Waals surface area contributed by atoms with Crippen LogP contribution < -0.4 is 4.90 Å². The third-order valence-corrected chi connectivity index (χ3v) is 6.22. The zero-order valence-electron chi connectivity index (χ0n) is 19.5. The first kappa shape index (κ1) is 13.7. The monoisotopic (exact) mass is 383 g/mol. The van der Waals surface area contributed by atoms with Crippen molar-refractivity contribution in [3.63, 3.8) is 0 Å². The van der Waals surface area contributed by atoms with E-state index in [0.717, 1.165) is 4.90 Å². The van der Waals surface area contributed by atoms with E-state index in [-0.39, 0.29) is 30.2 Å². The van der Waals surface area contributed by atoms with Gasteiger partial charge in [0.15, 0.2) is 0 Å². The zero-order chi connectivity index (χ0) is 22.6. The molecule has 2 aliphatic carbocycles. The molecule has 2 aliphatic heterocycles. The molecule has 146 valence electrons. The lowest BCUT2D eigenvalue weighted by Gasteiger charge is -2.33. The van der Waals surface area contributed by atoms with Gasteiger partial charge in [-0.3, -0.25) is 19.4 Å². The summed E-state index contributed by atoms with van der Waals surface area (Å²) in [4.78, 5) is 38.9. The van der Waals surface area contributed by atoms with Gasteiger partial charge in [-0.2, -0.15) is 0 Å². The van der Waals surface area contributed by atoms with E-state index in [9.17, 15) is 9.59 Å². The van der Waals surface area contributed by atoms with E-state index >= 15 is 0 Å². The summed E-state index contributed by atoms with van der Waals surface area (Å²) in [5.41, 5.74) is 0. The van der Waals surface area contributed by atoms with Crippen molar-refractivity contribution < 1.29 is 15.1 Å². The van der Waals surface area contributed by atoms with Crippen LogP contribution in [0.4, 0.5) is 5.95 Å². The lowest BCUT2D eigenvalue weighted by atomic mass is 9.81. The number of nitrogens with zero attached hydrogens (tertiary/aromatic N) is 5. The van der Waals surface area contributed by atoms with Gasteiger partial charge in [0.25, 0.3) is 0 Å². The van der Waals surface area contributed by atoms with Gasteiger partial charge >= 0.3 is 0 Å². The summed E-state index contributed by atoms with van der Waals surface area (Å²) < 4.78 is 33.0. The highest BCUT2D eigenvalue weighted by atomic mass is 16.2. The topological polar surface area (TPSA) is 69.6 Å². The Balaban J connectivity index is 1.21. The normalized spacial score (nSPS) is 39.7. The number of imide groups is 1. The van der Waals surface area contributed by atoms with Crippen molar-refractivity contribution in [2.24, 2.45) is 23.7 Å². The lowest BCUT2D eigenvalue weighted by Crippen LogP contribution is -2.47. The fourth-order valence-electron chi connectivity index (χ4n) is 4.83. The van der Waals surface area contributed by atoms with Crippen molar-refractivity contribution >= 4 is 17.8 Å². The average molecular weight is 383 g/mol. The molecule has 2 bridgehead atoms. The summed E-state index contributed by atoms with van der Waals surface area (Å²) >= 11 is 0. The molecule has 2 saturated carbocycles. The molecule has 0 aromatic carbocycles. The van der Waals surface area contributed by atoms with E-state index in [1.54, 1.807) is 23.4 Å². The van der Waals surface area contributed by atoms with E-state index in [0.29, 0.717) is 38.5 Å². The number of carbonyl (C=O) groups excluding carboxylic acids is 2. The first-order valence-corrected chi connectivity index (χ1v) is 9.76. The van der Waals surface area contributed by atoms with Gasteiger partial charge in [0.05, 0.1) is 27.6 Å². The molecule has 5 rings (SSSR count). The van der Waals surface area contributed by atoms with E-state index in [1.165, 1.54) is 0 Å². The average Bonchev–Trinajstić information content (AvgIpc) is 3.40. The first-order valence-electron chi connectivity index (χ1n) is 11.9. The van der Waals surface area contributed by atoms with Gasteiger partial charge in [0.1, 0.15) is 0 Å². The summed E-state index contributed by atoms with van der Waals surface area (Å²) in [6.07, 6.45) is 2.73. The Kier molecular flexibility index (Phi) is 3.50. The van der Waals surface area contributed by atoms with Gasteiger partial charge in [-0.1, -0.05) is 11.8 Å². The predicted molar refractivity (Wildman–Crippen MR) is 103 cm³/mol. The van der Waals surface area contributed by atoms with Gasteiger partial charge in [-0.05, 0) is 37.1 Å². The molecule has 2 unspecified atom stereocenters. The molecule has 0 radical (unpaired) electrons. The minimum atomic E-state index is -1.89. The molecule has 28 heavy (non-hydrogen) atoms. The molecule has 2 saturated heterocycles. The van der Waals surface area contributed by atoms with Crippen LogP contribution in [0.2, 0.25) is 0 Å². The number of fused-ring (bicyclic) bond motifs is 5. The Morgan fingerprint density at radius 2 is 1.68 bits per heavy atom. The van der Waals surface area contributed by atoms with Crippen LogP contribution in [0.25, 0.3) is 0 Å². The van der Waals surface area contributed by atoms with E-state index in [4.69, 9.17) is 5.48 Å². The number of piperazine rings is 1. The number of hydrogen-bond donors (Lipinski definition) is 0. The Hall–Kier alpha value is -2.46. The molecule has 3 heterocycles. The smallest absolute Gasteiger partial charge is 0.234 e. The summed E-state index contributed by atoms with van der Waals surface area (Å²) in [6, 6.07) is 1.75. The van der Waals surface area contributed by atoms with E-state index in [2.05, 4.69) is 21.8 Å². The molecular weight excluding hydrogens is 354 g/mol. The molecule has 1 aromatic heterocycles. The molecule has 0 spiro atoms. The molecule has 4 aliphatic rings. The largest absolute Gasteiger partial charge is 0.338 e. The number of amides is 2. The van der Waals surface area contributed by atoms with E-state index < -0.39 is 31.1 Å². The minimum absolute atomic E-state index is 0.146. The fourth-order valence-corrected chi connectivity index (χ4v) is 4.83. The Labute approximate surface area is 170 Å². The third-order valence-electron chi connectivity index (χ3n) is 6.22. The zero-order valence-corrected chi connectivity index (χ0v) is 15.5. The van der Waals surface area contributed by atoms with Gasteiger partial charge in [0.2, 0.25) is 17.8 Å².